The van der Waals surface area contributed by atoms with Crippen LogP contribution in [0.1, 0.15) is 25.7 Å². The third kappa shape index (κ3) is 11.3. The highest BCUT2D eigenvalue weighted by Gasteiger charge is 2.41. The highest BCUT2D eigenvalue weighted by atomic mass is 32.2. The molecule has 4 N–H and O–H groups in total. The number of thiol groups is 2. The largest absolute Gasteiger partial charge is 0.381 e. The molecule has 0 radical (unpaired) electrons. The molecule has 0 fully saturated rings. The van der Waals surface area contributed by atoms with Gasteiger partial charge in [-0.3, -0.25) is 18.2 Å². The van der Waals surface area contributed by atoms with Gasteiger partial charge in [0.15, 0.2) is 0 Å². The Balaban J connectivity index is 5.29. The first kappa shape index (κ1) is 31.3. The van der Waals surface area contributed by atoms with E-state index in [9.17, 15) is 51.9 Å². The highest BCUT2D eigenvalue weighted by Crippen LogP contribution is 2.22. The minimum Gasteiger partial charge on any atom is -0.381 e. The molecule has 0 aliphatic carbocycles. The summed E-state index contributed by atoms with van der Waals surface area (Å²) in [6.07, 6.45) is -2.05. The first-order valence-corrected chi connectivity index (χ1v) is 15.8. The SMILES string of the molecule is O=S(=O)(O)C(CCS)C(CCOCCC(C(CCS)S(=O)(=O)O)S(=O)(=O)O)S(=O)(=O)O. The summed E-state index contributed by atoms with van der Waals surface area (Å²) in [5, 5.41) is -7.73. The Labute approximate surface area is 193 Å². The molecular formula is C12H26O13S6. The Morgan fingerprint density at radius 2 is 0.742 bits per heavy atom. The molecule has 0 aliphatic rings. The van der Waals surface area contributed by atoms with Crippen LogP contribution in [0.4, 0.5) is 0 Å². The maximum atomic E-state index is 11.6. The molecule has 0 bridgehead atoms. The van der Waals surface area contributed by atoms with Gasteiger partial charge in [0, 0.05) is 13.2 Å². The zero-order valence-electron chi connectivity index (χ0n) is 16.0. The number of ether oxygens (including phenoxy) is 1. The Morgan fingerprint density at radius 3 is 0.935 bits per heavy atom. The van der Waals surface area contributed by atoms with Crippen LogP contribution < -0.4 is 0 Å². The Morgan fingerprint density at radius 1 is 0.516 bits per heavy atom. The second kappa shape index (κ2) is 12.7. The topological polar surface area (TPSA) is 227 Å². The molecule has 0 heterocycles. The highest BCUT2D eigenvalue weighted by molar-refractivity contribution is 7.91. The number of hydrogen-bond acceptors (Lipinski definition) is 11. The molecular weight excluding hydrogens is 545 g/mol. The molecule has 4 unspecified atom stereocenters. The molecule has 0 saturated carbocycles. The van der Waals surface area contributed by atoms with Crippen LogP contribution in [0.3, 0.4) is 0 Å². The lowest BCUT2D eigenvalue weighted by molar-refractivity contribution is 0.125. The molecule has 0 rings (SSSR count). The van der Waals surface area contributed by atoms with Crippen LogP contribution in [0.25, 0.3) is 0 Å². The van der Waals surface area contributed by atoms with Crippen LogP contribution in [0.2, 0.25) is 0 Å². The summed E-state index contributed by atoms with van der Waals surface area (Å²) in [6, 6.07) is 0. The van der Waals surface area contributed by atoms with Crippen molar-refractivity contribution >= 4 is 65.7 Å². The van der Waals surface area contributed by atoms with E-state index in [1.807, 2.05) is 0 Å². The summed E-state index contributed by atoms with van der Waals surface area (Å²) in [6.45, 7) is -1.07. The average molecular weight is 571 g/mol. The molecule has 0 aromatic heterocycles. The zero-order valence-corrected chi connectivity index (χ0v) is 21.0. The van der Waals surface area contributed by atoms with Crippen molar-refractivity contribution in [3.05, 3.63) is 0 Å². The van der Waals surface area contributed by atoms with Crippen molar-refractivity contribution in [3.8, 4) is 0 Å². The number of rotatable bonds is 16. The first-order valence-electron chi connectivity index (χ1n) is 8.52. The van der Waals surface area contributed by atoms with Crippen LogP contribution in [-0.4, -0.2) is 97.6 Å². The molecule has 0 aliphatic heterocycles. The van der Waals surface area contributed by atoms with Crippen LogP contribution in [0, 0.1) is 0 Å². The smallest absolute Gasteiger partial charge is 0.269 e. The Bertz CT molecular complexity index is 890. The van der Waals surface area contributed by atoms with Crippen LogP contribution in [0.15, 0.2) is 0 Å². The first-order chi connectivity index (χ1) is 13.9. The molecule has 188 valence electrons. The lowest BCUT2D eigenvalue weighted by Crippen LogP contribution is -2.41. The molecule has 4 atom stereocenters. The van der Waals surface area contributed by atoms with Crippen molar-refractivity contribution in [2.75, 3.05) is 24.7 Å². The third-order valence-corrected chi connectivity index (χ3v) is 10.5. The molecule has 13 nitrogen and oxygen atoms in total. The predicted octanol–water partition coefficient (Wildman–Crippen LogP) is -0.551. The van der Waals surface area contributed by atoms with Gasteiger partial charge in [-0.05, 0) is 37.2 Å². The molecule has 0 amide bonds. The molecule has 0 saturated heterocycles. The van der Waals surface area contributed by atoms with Gasteiger partial charge in [0.1, 0.15) is 21.0 Å². The molecule has 0 aromatic carbocycles. The summed E-state index contributed by atoms with van der Waals surface area (Å²) in [7, 11) is -19.6. The van der Waals surface area contributed by atoms with Crippen molar-refractivity contribution < 1.29 is 56.6 Å². The van der Waals surface area contributed by atoms with Gasteiger partial charge < -0.3 is 4.74 Å². The summed E-state index contributed by atoms with van der Waals surface area (Å²) < 4.78 is 134. The standard InChI is InChI=1S/C12H26O13S6/c13-28(14,15)9(11(3-7-26)30(19,20)21)1-5-25-6-2-10(29(16,17)18)12(4-8-27)31(22,23)24/h9-12,26-27H,1-8H2,(H,13,14,15)(H,16,17,18)(H,19,20,21)(H,22,23,24). The van der Waals surface area contributed by atoms with E-state index in [4.69, 9.17) is 4.74 Å². The van der Waals surface area contributed by atoms with E-state index < -0.39 is 100 Å². The van der Waals surface area contributed by atoms with Gasteiger partial charge in [0.05, 0.1) is 0 Å². The fraction of sp³-hybridized carbons (Fsp3) is 1.00. The van der Waals surface area contributed by atoms with Gasteiger partial charge in [-0.1, -0.05) is 0 Å². The maximum Gasteiger partial charge on any atom is 0.269 e. The van der Waals surface area contributed by atoms with Crippen LogP contribution in [-0.2, 0) is 45.2 Å². The Kier molecular flexibility index (Phi) is 12.8. The Hall–Kier alpha value is 0.300. The fourth-order valence-corrected chi connectivity index (χ4v) is 9.15. The minimum absolute atomic E-state index is 0.129. The summed E-state index contributed by atoms with van der Waals surface area (Å²) >= 11 is 7.55. The van der Waals surface area contributed by atoms with E-state index in [0.29, 0.717) is 0 Å². The van der Waals surface area contributed by atoms with E-state index in [1.165, 1.54) is 0 Å². The second-order valence-electron chi connectivity index (χ2n) is 6.43. The van der Waals surface area contributed by atoms with Crippen LogP contribution in [0.5, 0.6) is 0 Å². The van der Waals surface area contributed by atoms with E-state index in [1.54, 1.807) is 0 Å². The van der Waals surface area contributed by atoms with Crippen molar-refractivity contribution in [1.29, 1.82) is 0 Å². The summed E-state index contributed by atoms with van der Waals surface area (Å²) in [4.78, 5) is 0. The lowest BCUT2D eigenvalue weighted by atomic mass is 10.2. The van der Waals surface area contributed by atoms with Gasteiger partial charge in [-0.15, -0.1) is 0 Å². The fourth-order valence-electron chi connectivity index (χ4n) is 2.86. The molecule has 0 spiro atoms. The van der Waals surface area contributed by atoms with E-state index in [2.05, 4.69) is 25.3 Å². The van der Waals surface area contributed by atoms with Gasteiger partial charge in [-0.25, -0.2) is 0 Å². The van der Waals surface area contributed by atoms with Gasteiger partial charge >= 0.3 is 0 Å². The molecule has 0 aromatic rings. The summed E-state index contributed by atoms with van der Waals surface area (Å²) in [5.74, 6) is -0.259. The lowest BCUT2D eigenvalue weighted by Gasteiger charge is -2.23. The van der Waals surface area contributed by atoms with Crippen molar-refractivity contribution in [3.63, 3.8) is 0 Å². The maximum absolute atomic E-state index is 11.6. The van der Waals surface area contributed by atoms with Gasteiger partial charge in [0.2, 0.25) is 0 Å². The predicted molar refractivity (Wildman–Crippen MR) is 118 cm³/mol. The van der Waals surface area contributed by atoms with E-state index in [0.717, 1.165) is 0 Å². The molecule has 19 heteroatoms. The van der Waals surface area contributed by atoms with Crippen molar-refractivity contribution in [2.24, 2.45) is 0 Å². The summed E-state index contributed by atoms with van der Waals surface area (Å²) in [5.41, 5.74) is 0. The van der Waals surface area contributed by atoms with Crippen LogP contribution >= 0.6 is 25.3 Å². The average Bonchev–Trinajstić information content (AvgIpc) is 2.54. The minimum atomic E-state index is -4.95. The van der Waals surface area contributed by atoms with E-state index in [-0.39, 0.29) is 11.5 Å². The monoisotopic (exact) mass is 570 g/mol. The van der Waals surface area contributed by atoms with Gasteiger partial charge in [-0.2, -0.15) is 58.9 Å². The van der Waals surface area contributed by atoms with Gasteiger partial charge in [0.25, 0.3) is 40.5 Å². The normalized spacial score (nSPS) is 17.7. The quantitative estimate of drug-likeness (QED) is 0.0778. The number of hydrogen-bond donors (Lipinski definition) is 6. The third-order valence-electron chi connectivity index (χ3n) is 4.28. The molecule has 31 heavy (non-hydrogen) atoms. The van der Waals surface area contributed by atoms with Crippen molar-refractivity contribution in [1.82, 2.24) is 0 Å². The zero-order chi connectivity index (χ0) is 24.7. The van der Waals surface area contributed by atoms with E-state index >= 15 is 0 Å². The van der Waals surface area contributed by atoms with Crippen molar-refractivity contribution in [2.45, 2.75) is 46.7 Å². The second-order valence-corrected chi connectivity index (χ2v) is 13.9.